The van der Waals surface area contributed by atoms with Crippen LogP contribution in [0, 0.1) is 0 Å². The van der Waals surface area contributed by atoms with E-state index in [4.69, 9.17) is 0 Å². The van der Waals surface area contributed by atoms with Crippen LogP contribution in [0.3, 0.4) is 0 Å². The lowest BCUT2D eigenvalue weighted by Gasteiger charge is -2.15. The standard InChI is InChI=1S/C13H19N3S/c1-17-10-6-5-9(7-10)16-13-11-3-2-4-12(11)14-8-15-13/h8-10H,2-7H2,1H3,(H,14,15,16). The summed E-state index contributed by atoms with van der Waals surface area (Å²) < 4.78 is 0. The lowest BCUT2D eigenvalue weighted by Crippen LogP contribution is -2.18. The summed E-state index contributed by atoms with van der Waals surface area (Å²) in [7, 11) is 0. The van der Waals surface area contributed by atoms with E-state index >= 15 is 0 Å². The minimum atomic E-state index is 0.618. The largest absolute Gasteiger partial charge is 0.367 e. The quantitative estimate of drug-likeness (QED) is 0.893. The second kappa shape index (κ2) is 4.84. The van der Waals surface area contributed by atoms with E-state index in [1.807, 2.05) is 11.8 Å². The maximum absolute atomic E-state index is 4.44. The molecule has 3 rings (SSSR count). The fraction of sp³-hybridized carbons (Fsp3) is 0.692. The number of anilines is 1. The van der Waals surface area contributed by atoms with Crippen LogP contribution in [0.1, 0.15) is 36.9 Å². The van der Waals surface area contributed by atoms with Crippen molar-refractivity contribution in [1.29, 1.82) is 0 Å². The van der Waals surface area contributed by atoms with Gasteiger partial charge in [-0.25, -0.2) is 9.97 Å². The van der Waals surface area contributed by atoms with Crippen molar-refractivity contribution in [3.63, 3.8) is 0 Å². The number of thioether (sulfide) groups is 1. The Morgan fingerprint density at radius 1 is 1.29 bits per heavy atom. The van der Waals surface area contributed by atoms with Gasteiger partial charge in [0.15, 0.2) is 0 Å². The van der Waals surface area contributed by atoms with Crippen LogP contribution in [-0.4, -0.2) is 27.5 Å². The van der Waals surface area contributed by atoms with Crippen molar-refractivity contribution in [3.8, 4) is 0 Å². The Hall–Kier alpha value is -0.770. The highest BCUT2D eigenvalue weighted by atomic mass is 32.2. The average Bonchev–Trinajstić information content (AvgIpc) is 2.97. The zero-order chi connectivity index (χ0) is 11.7. The highest BCUT2D eigenvalue weighted by Crippen LogP contribution is 2.32. The van der Waals surface area contributed by atoms with Gasteiger partial charge in [-0.2, -0.15) is 11.8 Å². The zero-order valence-electron chi connectivity index (χ0n) is 10.3. The lowest BCUT2D eigenvalue weighted by molar-refractivity contribution is 0.748. The lowest BCUT2D eigenvalue weighted by atomic mass is 10.2. The summed E-state index contributed by atoms with van der Waals surface area (Å²) in [6.07, 6.45) is 11.3. The zero-order valence-corrected chi connectivity index (χ0v) is 11.1. The number of nitrogens with zero attached hydrogens (tertiary/aromatic N) is 2. The van der Waals surface area contributed by atoms with Crippen molar-refractivity contribution in [1.82, 2.24) is 9.97 Å². The number of nitrogens with one attached hydrogen (secondary N) is 1. The van der Waals surface area contributed by atoms with Crippen molar-refractivity contribution < 1.29 is 0 Å². The van der Waals surface area contributed by atoms with E-state index in [0.717, 1.165) is 23.9 Å². The third-order valence-corrected chi connectivity index (χ3v) is 5.03. The van der Waals surface area contributed by atoms with Crippen LogP contribution < -0.4 is 5.32 Å². The molecule has 0 saturated heterocycles. The van der Waals surface area contributed by atoms with Crippen LogP contribution in [0.15, 0.2) is 6.33 Å². The van der Waals surface area contributed by atoms with Gasteiger partial charge in [0.2, 0.25) is 0 Å². The maximum Gasteiger partial charge on any atom is 0.133 e. The molecule has 2 atom stereocenters. The Kier molecular flexibility index (Phi) is 3.23. The van der Waals surface area contributed by atoms with Crippen molar-refractivity contribution >= 4 is 17.6 Å². The molecule has 3 nitrogen and oxygen atoms in total. The van der Waals surface area contributed by atoms with Crippen molar-refractivity contribution in [3.05, 3.63) is 17.6 Å². The molecule has 1 heterocycles. The Bertz CT molecular complexity index is 408. The fourth-order valence-electron chi connectivity index (χ4n) is 2.96. The number of fused-ring (bicyclic) bond motifs is 1. The van der Waals surface area contributed by atoms with Crippen LogP contribution in [0.2, 0.25) is 0 Å². The summed E-state index contributed by atoms with van der Waals surface area (Å²) in [5, 5.41) is 4.48. The minimum Gasteiger partial charge on any atom is -0.367 e. The minimum absolute atomic E-state index is 0.618. The molecule has 4 heteroatoms. The van der Waals surface area contributed by atoms with E-state index in [0.29, 0.717) is 6.04 Å². The Labute approximate surface area is 107 Å². The molecule has 2 aliphatic carbocycles. The Morgan fingerprint density at radius 2 is 2.24 bits per heavy atom. The van der Waals surface area contributed by atoms with Gasteiger partial charge in [-0.3, -0.25) is 0 Å². The van der Waals surface area contributed by atoms with Gasteiger partial charge in [0, 0.05) is 22.5 Å². The topological polar surface area (TPSA) is 37.8 Å². The molecule has 1 fully saturated rings. The molecule has 2 aliphatic rings. The molecule has 0 bridgehead atoms. The van der Waals surface area contributed by atoms with E-state index in [9.17, 15) is 0 Å². The Balaban J connectivity index is 1.72. The van der Waals surface area contributed by atoms with Gasteiger partial charge in [-0.1, -0.05) is 0 Å². The first kappa shape index (κ1) is 11.3. The molecule has 0 amide bonds. The number of aromatic nitrogens is 2. The highest BCUT2D eigenvalue weighted by molar-refractivity contribution is 7.99. The smallest absolute Gasteiger partial charge is 0.133 e. The predicted molar refractivity (Wildman–Crippen MR) is 72.6 cm³/mol. The van der Waals surface area contributed by atoms with Crippen LogP contribution in [0.5, 0.6) is 0 Å². The first-order valence-corrected chi connectivity index (χ1v) is 7.77. The molecule has 17 heavy (non-hydrogen) atoms. The van der Waals surface area contributed by atoms with E-state index in [1.165, 1.54) is 36.9 Å². The highest BCUT2D eigenvalue weighted by Gasteiger charge is 2.25. The predicted octanol–water partition coefficient (Wildman–Crippen LogP) is 2.66. The number of aryl methyl sites for hydroxylation is 1. The summed E-state index contributed by atoms with van der Waals surface area (Å²) in [6.45, 7) is 0. The van der Waals surface area contributed by atoms with E-state index in [1.54, 1.807) is 6.33 Å². The molecule has 1 aromatic rings. The number of rotatable bonds is 3. The van der Waals surface area contributed by atoms with E-state index in [-0.39, 0.29) is 0 Å². The average molecular weight is 249 g/mol. The second-order valence-electron chi connectivity index (χ2n) is 5.01. The normalized spacial score (nSPS) is 27.1. The molecular weight excluding hydrogens is 230 g/mol. The third-order valence-electron chi connectivity index (χ3n) is 3.93. The molecule has 1 saturated carbocycles. The first-order chi connectivity index (χ1) is 8.36. The van der Waals surface area contributed by atoms with Gasteiger partial charge in [0.25, 0.3) is 0 Å². The van der Waals surface area contributed by atoms with Crippen LogP contribution in [0.4, 0.5) is 5.82 Å². The summed E-state index contributed by atoms with van der Waals surface area (Å²) in [4.78, 5) is 8.81. The second-order valence-corrected chi connectivity index (χ2v) is 6.15. The molecule has 92 valence electrons. The summed E-state index contributed by atoms with van der Waals surface area (Å²) in [6, 6.07) is 0.618. The SMILES string of the molecule is CSC1CCC(Nc2ncnc3c2CCC3)C1. The van der Waals surface area contributed by atoms with Crippen LogP contribution in [-0.2, 0) is 12.8 Å². The van der Waals surface area contributed by atoms with Gasteiger partial charge in [-0.05, 0) is 44.8 Å². The molecule has 1 N–H and O–H groups in total. The maximum atomic E-state index is 4.44. The van der Waals surface area contributed by atoms with Gasteiger partial charge < -0.3 is 5.32 Å². The molecule has 1 aromatic heterocycles. The first-order valence-electron chi connectivity index (χ1n) is 6.49. The molecule has 0 aliphatic heterocycles. The van der Waals surface area contributed by atoms with Gasteiger partial charge in [-0.15, -0.1) is 0 Å². The fourth-order valence-corrected chi connectivity index (χ4v) is 3.76. The van der Waals surface area contributed by atoms with Gasteiger partial charge in [0.05, 0.1) is 0 Å². The molecular formula is C13H19N3S. The molecule has 2 unspecified atom stereocenters. The van der Waals surface area contributed by atoms with E-state index in [2.05, 4.69) is 21.5 Å². The molecule has 0 aromatic carbocycles. The summed E-state index contributed by atoms with van der Waals surface area (Å²) in [5.74, 6) is 1.11. The number of hydrogen-bond donors (Lipinski definition) is 1. The van der Waals surface area contributed by atoms with Crippen LogP contribution in [0.25, 0.3) is 0 Å². The third kappa shape index (κ3) is 2.28. The number of hydrogen-bond acceptors (Lipinski definition) is 4. The van der Waals surface area contributed by atoms with Gasteiger partial charge >= 0.3 is 0 Å². The molecule has 0 spiro atoms. The van der Waals surface area contributed by atoms with Crippen LogP contribution >= 0.6 is 11.8 Å². The van der Waals surface area contributed by atoms with Crippen molar-refractivity contribution in [2.24, 2.45) is 0 Å². The summed E-state index contributed by atoms with van der Waals surface area (Å²) >= 11 is 2.00. The monoisotopic (exact) mass is 249 g/mol. The van der Waals surface area contributed by atoms with Gasteiger partial charge in [0.1, 0.15) is 12.1 Å². The van der Waals surface area contributed by atoms with Crippen molar-refractivity contribution in [2.75, 3.05) is 11.6 Å². The molecule has 0 radical (unpaired) electrons. The van der Waals surface area contributed by atoms with E-state index < -0.39 is 0 Å². The summed E-state index contributed by atoms with van der Waals surface area (Å²) in [5.41, 5.74) is 2.64. The Morgan fingerprint density at radius 3 is 3.06 bits per heavy atom. The van der Waals surface area contributed by atoms with Crippen molar-refractivity contribution in [2.45, 2.75) is 49.8 Å².